The molecule has 29 heavy (non-hydrogen) atoms. The molecule has 2 atom stereocenters. The molecule has 0 saturated carbocycles. The molecule has 3 heterocycles. The smallest absolute Gasteiger partial charge is 0.193 e. The molecule has 2 aliphatic rings. The molecule has 1 aromatic heterocycles. The number of likely N-dealkylation sites (tertiary alicyclic amines) is 2. The minimum Gasteiger partial charge on any atom is -0.357 e. The molecule has 0 bridgehead atoms. The Morgan fingerprint density at radius 2 is 1.90 bits per heavy atom. The van der Waals surface area contributed by atoms with E-state index in [1.165, 1.54) is 43.1 Å². The second-order valence-corrected chi connectivity index (χ2v) is 9.79. The van der Waals surface area contributed by atoms with Crippen LogP contribution in [0.5, 0.6) is 0 Å². The number of hydrogen-bond acceptors (Lipinski definition) is 4. The lowest BCUT2D eigenvalue weighted by molar-refractivity contribution is 0.178. The van der Waals surface area contributed by atoms with Crippen LogP contribution in [-0.4, -0.2) is 60.0 Å². The van der Waals surface area contributed by atoms with Gasteiger partial charge in [-0.2, -0.15) is 0 Å². The summed E-state index contributed by atoms with van der Waals surface area (Å²) in [5.41, 5.74) is 1.25. The predicted octanol–water partition coefficient (Wildman–Crippen LogP) is 4.48. The third-order valence-corrected chi connectivity index (χ3v) is 7.04. The van der Waals surface area contributed by atoms with Gasteiger partial charge in [0, 0.05) is 38.1 Å². The molecule has 2 unspecified atom stereocenters. The average Bonchev–Trinajstić information content (AvgIpc) is 3.13. The first-order chi connectivity index (χ1) is 13.6. The number of nitrogens with one attached hydrogen (secondary N) is 1. The van der Waals surface area contributed by atoms with Gasteiger partial charge >= 0.3 is 0 Å². The summed E-state index contributed by atoms with van der Waals surface area (Å²) in [6.07, 6.45) is 4.89. The van der Waals surface area contributed by atoms with Gasteiger partial charge in [-0.05, 0) is 63.5 Å². The molecule has 0 spiro atoms. The Balaban J connectivity index is 0.00000300. The van der Waals surface area contributed by atoms with Crippen molar-refractivity contribution in [3.05, 3.63) is 16.1 Å². The van der Waals surface area contributed by atoms with Crippen LogP contribution in [0.25, 0.3) is 0 Å². The van der Waals surface area contributed by atoms with Crippen LogP contribution < -0.4 is 5.32 Å². The van der Waals surface area contributed by atoms with Crippen LogP contribution in [0, 0.1) is 17.8 Å². The Bertz CT molecular complexity index is 616. The molecule has 0 aliphatic carbocycles. The maximum Gasteiger partial charge on any atom is 0.193 e. The summed E-state index contributed by atoms with van der Waals surface area (Å²) in [5.74, 6) is 3.37. The van der Waals surface area contributed by atoms with Crippen molar-refractivity contribution < 1.29 is 0 Å². The lowest BCUT2D eigenvalue weighted by Gasteiger charge is -2.37. The highest BCUT2D eigenvalue weighted by atomic mass is 127. The molecule has 166 valence electrons. The van der Waals surface area contributed by atoms with E-state index >= 15 is 0 Å². The summed E-state index contributed by atoms with van der Waals surface area (Å²) in [7, 11) is 0. The van der Waals surface area contributed by atoms with Gasteiger partial charge in [0.25, 0.3) is 0 Å². The molecule has 5 nitrogen and oxygen atoms in total. The highest BCUT2D eigenvalue weighted by molar-refractivity contribution is 14.0. The summed E-state index contributed by atoms with van der Waals surface area (Å²) in [6.45, 7) is 16.6. The number of rotatable bonds is 6. The van der Waals surface area contributed by atoms with E-state index in [2.05, 4.69) is 48.2 Å². The number of aliphatic imine (C=N–C) groups is 1. The number of guanidine groups is 1. The Morgan fingerprint density at radius 1 is 1.21 bits per heavy atom. The highest BCUT2D eigenvalue weighted by Gasteiger charge is 2.25. The molecule has 2 saturated heterocycles. The number of aromatic nitrogens is 1. The van der Waals surface area contributed by atoms with E-state index in [1.54, 1.807) is 11.3 Å². The Hall–Kier alpha value is -0.410. The molecule has 2 aliphatic heterocycles. The molecule has 3 rings (SSSR count). The third kappa shape index (κ3) is 7.65. The van der Waals surface area contributed by atoms with Crippen molar-refractivity contribution in [2.75, 3.05) is 39.3 Å². The average molecular weight is 534 g/mol. The molecule has 0 aromatic carbocycles. The normalized spacial score (nSPS) is 24.4. The first kappa shape index (κ1) is 24.9. The standard InChI is InChI=1S/C22H39N5S.HI/c1-5-21-25-20(16-28-21)15-26-9-7-19(8-10-26)12-24-22(23-6-2)27-13-17(3)11-18(4)14-27;/h16-19H,5-15H2,1-4H3,(H,23,24);1H. The molecule has 1 aromatic rings. The van der Waals surface area contributed by atoms with Crippen LogP contribution in [0.2, 0.25) is 0 Å². The van der Waals surface area contributed by atoms with Crippen molar-refractivity contribution in [2.24, 2.45) is 22.7 Å². The van der Waals surface area contributed by atoms with Crippen LogP contribution in [-0.2, 0) is 13.0 Å². The quantitative estimate of drug-likeness (QED) is 0.333. The monoisotopic (exact) mass is 533 g/mol. The van der Waals surface area contributed by atoms with Gasteiger partial charge in [0.15, 0.2) is 5.96 Å². The lowest BCUT2D eigenvalue weighted by Crippen LogP contribution is -2.48. The summed E-state index contributed by atoms with van der Waals surface area (Å²) < 4.78 is 0. The van der Waals surface area contributed by atoms with E-state index in [-0.39, 0.29) is 24.0 Å². The largest absolute Gasteiger partial charge is 0.357 e. The molecule has 0 amide bonds. The van der Waals surface area contributed by atoms with E-state index in [9.17, 15) is 0 Å². The number of aryl methyl sites for hydroxylation is 1. The fourth-order valence-corrected chi connectivity index (χ4v) is 5.35. The van der Waals surface area contributed by atoms with E-state index in [0.29, 0.717) is 5.92 Å². The maximum absolute atomic E-state index is 5.06. The first-order valence-corrected chi connectivity index (χ1v) is 12.1. The van der Waals surface area contributed by atoms with Crippen LogP contribution in [0.3, 0.4) is 0 Å². The van der Waals surface area contributed by atoms with Gasteiger partial charge in [-0.15, -0.1) is 35.3 Å². The van der Waals surface area contributed by atoms with Gasteiger partial charge < -0.3 is 10.2 Å². The minimum atomic E-state index is 0. The highest BCUT2D eigenvalue weighted by Crippen LogP contribution is 2.23. The molecule has 0 radical (unpaired) electrons. The van der Waals surface area contributed by atoms with Gasteiger partial charge in [0.1, 0.15) is 0 Å². The molecule has 1 N–H and O–H groups in total. The van der Waals surface area contributed by atoms with Crippen molar-refractivity contribution in [2.45, 2.75) is 59.9 Å². The van der Waals surface area contributed by atoms with Crippen LogP contribution >= 0.6 is 35.3 Å². The molecule has 7 heteroatoms. The van der Waals surface area contributed by atoms with Crippen molar-refractivity contribution in [1.82, 2.24) is 20.1 Å². The maximum atomic E-state index is 5.06. The predicted molar refractivity (Wildman–Crippen MR) is 135 cm³/mol. The van der Waals surface area contributed by atoms with Gasteiger partial charge in [0.2, 0.25) is 0 Å². The zero-order chi connectivity index (χ0) is 19.9. The number of piperidine rings is 2. The Kier molecular flexibility index (Phi) is 10.7. The van der Waals surface area contributed by atoms with Crippen molar-refractivity contribution >= 4 is 41.3 Å². The van der Waals surface area contributed by atoms with Crippen LogP contribution in [0.4, 0.5) is 0 Å². The Labute approximate surface area is 198 Å². The SMILES string of the molecule is CCNC(=NCC1CCN(Cc2csc(CC)n2)CC1)N1CC(C)CC(C)C1.I. The summed E-state index contributed by atoms with van der Waals surface area (Å²) in [5, 5.41) is 7.04. The van der Waals surface area contributed by atoms with Crippen molar-refractivity contribution in [1.29, 1.82) is 0 Å². The van der Waals surface area contributed by atoms with Crippen molar-refractivity contribution in [3.63, 3.8) is 0 Å². The summed E-state index contributed by atoms with van der Waals surface area (Å²) >= 11 is 1.80. The van der Waals surface area contributed by atoms with Crippen LogP contribution in [0.1, 0.15) is 57.7 Å². The minimum absolute atomic E-state index is 0. The zero-order valence-electron chi connectivity index (χ0n) is 18.7. The van der Waals surface area contributed by atoms with E-state index < -0.39 is 0 Å². The molecular formula is C22H40IN5S. The van der Waals surface area contributed by atoms with Crippen LogP contribution in [0.15, 0.2) is 10.4 Å². The second kappa shape index (κ2) is 12.4. The van der Waals surface area contributed by atoms with Gasteiger partial charge in [0.05, 0.1) is 10.7 Å². The fourth-order valence-electron chi connectivity index (χ4n) is 4.62. The topological polar surface area (TPSA) is 43.8 Å². The number of thiazole rings is 1. The summed E-state index contributed by atoms with van der Waals surface area (Å²) in [6, 6.07) is 0. The fraction of sp³-hybridized carbons (Fsp3) is 0.818. The Morgan fingerprint density at radius 3 is 2.48 bits per heavy atom. The zero-order valence-corrected chi connectivity index (χ0v) is 21.8. The van der Waals surface area contributed by atoms with E-state index in [0.717, 1.165) is 56.9 Å². The number of hydrogen-bond donors (Lipinski definition) is 1. The van der Waals surface area contributed by atoms with E-state index in [1.807, 2.05) is 0 Å². The number of nitrogens with zero attached hydrogens (tertiary/aromatic N) is 4. The second-order valence-electron chi connectivity index (χ2n) is 8.85. The molecule has 2 fully saturated rings. The third-order valence-electron chi connectivity index (χ3n) is 6.00. The van der Waals surface area contributed by atoms with Crippen molar-refractivity contribution in [3.8, 4) is 0 Å². The summed E-state index contributed by atoms with van der Waals surface area (Å²) in [4.78, 5) is 14.8. The number of halogens is 1. The van der Waals surface area contributed by atoms with Gasteiger partial charge in [-0.25, -0.2) is 4.98 Å². The lowest BCUT2D eigenvalue weighted by atomic mass is 9.92. The molecular weight excluding hydrogens is 493 g/mol. The first-order valence-electron chi connectivity index (χ1n) is 11.3. The van der Waals surface area contributed by atoms with Gasteiger partial charge in [-0.3, -0.25) is 9.89 Å². The van der Waals surface area contributed by atoms with Gasteiger partial charge in [-0.1, -0.05) is 20.8 Å². The van der Waals surface area contributed by atoms with E-state index in [4.69, 9.17) is 9.98 Å².